The van der Waals surface area contributed by atoms with E-state index in [4.69, 9.17) is 9.47 Å². The average Bonchev–Trinajstić information content (AvgIpc) is 2.80. The summed E-state index contributed by atoms with van der Waals surface area (Å²) < 4.78 is 11.3. The van der Waals surface area contributed by atoms with E-state index in [1.165, 1.54) is 17.5 Å². The van der Waals surface area contributed by atoms with Crippen LogP contribution in [0.2, 0.25) is 0 Å². The lowest BCUT2D eigenvalue weighted by Gasteiger charge is -2.13. The van der Waals surface area contributed by atoms with Crippen LogP contribution in [0.3, 0.4) is 0 Å². The molecular weight excluding hydrogens is 418 g/mol. The summed E-state index contributed by atoms with van der Waals surface area (Å²) in [5.41, 5.74) is 5.82. The number of carboxylic acids is 1. The summed E-state index contributed by atoms with van der Waals surface area (Å²) in [6.07, 6.45) is 3.07. The number of carbonyl (C=O) groups is 1. The molecule has 0 radical (unpaired) electrons. The van der Waals surface area contributed by atoms with Gasteiger partial charge in [-0.15, -0.1) is 0 Å². The van der Waals surface area contributed by atoms with Gasteiger partial charge in [0.2, 0.25) is 0 Å². The van der Waals surface area contributed by atoms with Gasteiger partial charge < -0.3 is 19.9 Å². The molecular formula is C26H31N3O4. The number of aliphatic carboxylic acids is 1. The van der Waals surface area contributed by atoms with E-state index in [2.05, 4.69) is 41.3 Å². The number of hydrogen-bond donors (Lipinski definition) is 2. The Morgan fingerprint density at radius 2 is 1.82 bits per heavy atom. The van der Waals surface area contributed by atoms with Gasteiger partial charge in [-0.05, 0) is 55.5 Å². The smallest absolute Gasteiger partial charge is 0.307 e. The van der Waals surface area contributed by atoms with Crippen LogP contribution in [0.25, 0.3) is 11.3 Å². The number of ether oxygens (including phenoxy) is 2. The lowest BCUT2D eigenvalue weighted by atomic mass is 10.0. The van der Waals surface area contributed by atoms with Crippen molar-refractivity contribution in [3.05, 3.63) is 65.0 Å². The third-order valence-corrected chi connectivity index (χ3v) is 5.43. The van der Waals surface area contributed by atoms with Gasteiger partial charge in [-0.2, -0.15) is 0 Å². The van der Waals surface area contributed by atoms with Gasteiger partial charge in [-0.1, -0.05) is 25.1 Å². The molecule has 1 aromatic heterocycles. The molecule has 0 bridgehead atoms. The van der Waals surface area contributed by atoms with E-state index in [1.807, 2.05) is 25.1 Å². The van der Waals surface area contributed by atoms with Gasteiger partial charge in [0, 0.05) is 23.7 Å². The molecule has 7 nitrogen and oxygen atoms in total. The SMILES string of the molecule is CCCOc1cc(-c2cc(NCCc3cc(C)c(C)cc3OC)ncn2)ccc1CC(=O)O. The van der Waals surface area contributed by atoms with Crippen LogP contribution in [0.15, 0.2) is 42.7 Å². The minimum absolute atomic E-state index is 0.0855. The Labute approximate surface area is 194 Å². The molecule has 0 fully saturated rings. The fourth-order valence-corrected chi connectivity index (χ4v) is 3.54. The van der Waals surface area contributed by atoms with Gasteiger partial charge in [-0.3, -0.25) is 4.79 Å². The molecule has 3 aromatic rings. The fourth-order valence-electron chi connectivity index (χ4n) is 3.54. The third kappa shape index (κ3) is 6.44. The number of hydrogen-bond acceptors (Lipinski definition) is 6. The Morgan fingerprint density at radius 1 is 1.03 bits per heavy atom. The van der Waals surface area contributed by atoms with Crippen LogP contribution in [0, 0.1) is 13.8 Å². The van der Waals surface area contributed by atoms with Gasteiger partial charge >= 0.3 is 5.97 Å². The first-order chi connectivity index (χ1) is 15.9. The molecule has 2 N–H and O–H groups in total. The van der Waals surface area contributed by atoms with E-state index in [0.29, 0.717) is 30.3 Å². The van der Waals surface area contributed by atoms with Crippen molar-refractivity contribution in [3.8, 4) is 22.8 Å². The second kappa shape index (κ2) is 11.3. The molecule has 174 valence electrons. The van der Waals surface area contributed by atoms with Crippen molar-refractivity contribution in [2.24, 2.45) is 0 Å². The highest BCUT2D eigenvalue weighted by molar-refractivity contribution is 5.73. The number of nitrogens with one attached hydrogen (secondary N) is 1. The molecule has 0 saturated heterocycles. The van der Waals surface area contributed by atoms with Gasteiger partial charge in [-0.25, -0.2) is 9.97 Å². The lowest BCUT2D eigenvalue weighted by molar-refractivity contribution is -0.136. The minimum atomic E-state index is -0.891. The van der Waals surface area contributed by atoms with E-state index in [1.54, 1.807) is 13.2 Å². The van der Waals surface area contributed by atoms with Crippen molar-refractivity contribution in [1.29, 1.82) is 0 Å². The van der Waals surface area contributed by atoms with Crippen molar-refractivity contribution >= 4 is 11.8 Å². The molecule has 3 rings (SSSR count). The van der Waals surface area contributed by atoms with Crippen LogP contribution >= 0.6 is 0 Å². The number of nitrogens with zero attached hydrogens (tertiary/aromatic N) is 2. The maximum Gasteiger partial charge on any atom is 0.307 e. The zero-order valence-electron chi connectivity index (χ0n) is 19.6. The van der Waals surface area contributed by atoms with Gasteiger partial charge in [0.1, 0.15) is 23.6 Å². The summed E-state index contributed by atoms with van der Waals surface area (Å²) in [5, 5.41) is 12.5. The van der Waals surface area contributed by atoms with E-state index in [9.17, 15) is 9.90 Å². The molecule has 0 aliphatic carbocycles. The monoisotopic (exact) mass is 449 g/mol. The Bertz CT molecular complexity index is 1110. The van der Waals surface area contributed by atoms with Crippen molar-refractivity contribution in [2.45, 2.75) is 40.0 Å². The van der Waals surface area contributed by atoms with Gasteiger partial charge in [0.15, 0.2) is 0 Å². The largest absolute Gasteiger partial charge is 0.496 e. The number of aromatic nitrogens is 2. The third-order valence-electron chi connectivity index (χ3n) is 5.43. The molecule has 33 heavy (non-hydrogen) atoms. The lowest BCUT2D eigenvalue weighted by Crippen LogP contribution is -2.08. The number of carboxylic acid groups (broad SMARTS) is 1. The summed E-state index contributed by atoms with van der Waals surface area (Å²) >= 11 is 0. The summed E-state index contributed by atoms with van der Waals surface area (Å²) in [5.74, 6) is 1.29. The van der Waals surface area contributed by atoms with Crippen LogP contribution in [0.1, 0.15) is 35.6 Å². The van der Waals surface area contributed by atoms with Crippen molar-refractivity contribution < 1.29 is 19.4 Å². The second-order valence-corrected chi connectivity index (χ2v) is 7.96. The summed E-state index contributed by atoms with van der Waals surface area (Å²) in [4.78, 5) is 19.9. The highest BCUT2D eigenvalue weighted by atomic mass is 16.5. The molecule has 2 aromatic carbocycles. The number of rotatable bonds is 11. The number of anilines is 1. The maximum atomic E-state index is 11.2. The molecule has 1 heterocycles. The van der Waals surface area contributed by atoms with Crippen LogP contribution in [-0.4, -0.2) is 41.3 Å². The molecule has 0 aliphatic heterocycles. The van der Waals surface area contributed by atoms with E-state index >= 15 is 0 Å². The summed E-state index contributed by atoms with van der Waals surface area (Å²) in [6.45, 7) is 7.40. The topological polar surface area (TPSA) is 93.6 Å². The van der Waals surface area contributed by atoms with Gasteiger partial charge in [0.05, 0.1) is 25.8 Å². The van der Waals surface area contributed by atoms with Crippen LogP contribution in [-0.2, 0) is 17.6 Å². The standard InChI is InChI=1S/C26H31N3O4/c1-5-10-33-24-13-19(6-7-20(24)14-26(30)31)22-15-25(29-16-28-22)27-9-8-21-11-17(2)18(3)12-23(21)32-4/h6-7,11-13,15-16H,5,8-10,14H2,1-4H3,(H,30,31)(H,27,28,29). The van der Waals surface area contributed by atoms with Crippen molar-refractivity contribution in [3.63, 3.8) is 0 Å². The summed E-state index contributed by atoms with van der Waals surface area (Å²) in [7, 11) is 1.69. The van der Waals surface area contributed by atoms with E-state index in [0.717, 1.165) is 35.4 Å². The van der Waals surface area contributed by atoms with Crippen LogP contribution < -0.4 is 14.8 Å². The quantitative estimate of drug-likeness (QED) is 0.433. The Kier molecular flexibility index (Phi) is 8.24. The minimum Gasteiger partial charge on any atom is -0.496 e. The first-order valence-corrected chi connectivity index (χ1v) is 11.1. The zero-order valence-corrected chi connectivity index (χ0v) is 19.6. The molecule has 0 aliphatic rings. The Morgan fingerprint density at radius 3 is 2.55 bits per heavy atom. The Hall–Kier alpha value is -3.61. The predicted octanol–water partition coefficient (Wildman–Crippen LogP) is 4.84. The van der Waals surface area contributed by atoms with Crippen LogP contribution in [0.4, 0.5) is 5.82 Å². The molecule has 0 unspecified atom stereocenters. The normalized spacial score (nSPS) is 10.7. The van der Waals surface area contributed by atoms with E-state index < -0.39 is 5.97 Å². The first kappa shape index (κ1) is 24.0. The molecule has 7 heteroatoms. The highest BCUT2D eigenvalue weighted by Crippen LogP contribution is 2.28. The number of benzene rings is 2. The fraction of sp³-hybridized carbons (Fsp3) is 0.346. The number of aryl methyl sites for hydroxylation is 2. The van der Waals surface area contributed by atoms with Gasteiger partial charge in [0.25, 0.3) is 0 Å². The predicted molar refractivity (Wildman–Crippen MR) is 129 cm³/mol. The van der Waals surface area contributed by atoms with E-state index in [-0.39, 0.29) is 6.42 Å². The Balaban J connectivity index is 1.74. The molecule has 0 spiro atoms. The average molecular weight is 450 g/mol. The first-order valence-electron chi connectivity index (χ1n) is 11.1. The highest BCUT2D eigenvalue weighted by Gasteiger charge is 2.12. The molecule has 0 amide bonds. The van der Waals surface area contributed by atoms with Crippen molar-refractivity contribution in [1.82, 2.24) is 9.97 Å². The number of methoxy groups -OCH3 is 1. The maximum absolute atomic E-state index is 11.2. The molecule has 0 atom stereocenters. The zero-order chi connectivity index (χ0) is 23.8. The second-order valence-electron chi connectivity index (χ2n) is 7.96. The summed E-state index contributed by atoms with van der Waals surface area (Å²) in [6, 6.07) is 11.6. The van der Waals surface area contributed by atoms with Crippen LogP contribution in [0.5, 0.6) is 11.5 Å². The molecule has 0 saturated carbocycles. The van der Waals surface area contributed by atoms with Crippen molar-refractivity contribution in [2.75, 3.05) is 25.6 Å².